The van der Waals surface area contributed by atoms with E-state index >= 15 is 0 Å². The van der Waals surface area contributed by atoms with Gasteiger partial charge < -0.3 is 0 Å². The van der Waals surface area contributed by atoms with Crippen molar-refractivity contribution in [2.45, 2.75) is 4.90 Å². The Labute approximate surface area is 189 Å². The van der Waals surface area contributed by atoms with E-state index in [1.807, 2.05) is 0 Å². The smallest absolute Gasteiger partial charge is 0.270 e. The molecule has 0 bridgehead atoms. The Morgan fingerprint density at radius 3 is 2.47 bits per heavy atom. The molecule has 3 aromatic carbocycles. The molecule has 0 heterocycles. The van der Waals surface area contributed by atoms with Crippen molar-refractivity contribution in [3.8, 4) is 0 Å². The van der Waals surface area contributed by atoms with Crippen LogP contribution in [-0.4, -0.2) is 32.0 Å². The number of benzene rings is 3. The molecule has 164 valence electrons. The molecule has 3 aromatic rings. The van der Waals surface area contributed by atoms with Crippen LogP contribution in [-0.2, 0) is 14.8 Å². The van der Waals surface area contributed by atoms with Gasteiger partial charge in [0.25, 0.3) is 21.6 Å². The van der Waals surface area contributed by atoms with E-state index in [2.05, 4.69) is 10.5 Å². The zero-order valence-corrected chi connectivity index (χ0v) is 18.0. The number of carbonyl (C=O) groups excluding carboxylic acids is 1. The van der Waals surface area contributed by atoms with Crippen molar-refractivity contribution >= 4 is 45.1 Å². The molecular weight excluding hydrogens is 456 g/mol. The number of amides is 1. The second-order valence-corrected chi connectivity index (χ2v) is 8.75. The molecule has 0 aliphatic carbocycles. The molecule has 32 heavy (non-hydrogen) atoms. The van der Waals surface area contributed by atoms with Gasteiger partial charge in [0.1, 0.15) is 6.54 Å². The van der Waals surface area contributed by atoms with Crippen LogP contribution in [0.3, 0.4) is 0 Å². The van der Waals surface area contributed by atoms with Crippen molar-refractivity contribution < 1.29 is 18.1 Å². The highest BCUT2D eigenvalue weighted by molar-refractivity contribution is 7.92. The summed E-state index contributed by atoms with van der Waals surface area (Å²) in [7, 11) is -4.07. The van der Waals surface area contributed by atoms with Gasteiger partial charge in [-0.2, -0.15) is 5.10 Å². The lowest BCUT2D eigenvalue weighted by Gasteiger charge is -2.23. The minimum atomic E-state index is -4.07. The molecule has 3 rings (SSSR count). The minimum absolute atomic E-state index is 0.00729. The third-order valence-corrected chi connectivity index (χ3v) is 6.22. The molecule has 9 nitrogen and oxygen atoms in total. The summed E-state index contributed by atoms with van der Waals surface area (Å²) in [5.41, 5.74) is 2.72. The van der Waals surface area contributed by atoms with Crippen molar-refractivity contribution in [3.05, 3.63) is 99.6 Å². The molecule has 0 spiro atoms. The lowest BCUT2D eigenvalue weighted by Crippen LogP contribution is -2.39. The molecule has 1 N–H and O–H groups in total. The maximum Gasteiger partial charge on any atom is 0.270 e. The molecular formula is C21H17ClN4O5S. The number of carbonyl (C=O) groups is 1. The van der Waals surface area contributed by atoms with E-state index in [4.69, 9.17) is 11.6 Å². The first-order valence-corrected chi connectivity index (χ1v) is 11.0. The van der Waals surface area contributed by atoms with Crippen LogP contribution < -0.4 is 9.73 Å². The lowest BCUT2D eigenvalue weighted by molar-refractivity contribution is -0.384. The number of nitro benzene ring substituents is 1. The molecule has 11 heteroatoms. The molecule has 0 saturated heterocycles. The van der Waals surface area contributed by atoms with E-state index < -0.39 is 27.4 Å². The van der Waals surface area contributed by atoms with Gasteiger partial charge in [-0.25, -0.2) is 13.8 Å². The van der Waals surface area contributed by atoms with Crippen LogP contribution in [0.1, 0.15) is 5.56 Å². The molecule has 0 atom stereocenters. The number of nitrogens with one attached hydrogen (secondary N) is 1. The van der Waals surface area contributed by atoms with Crippen LogP contribution in [0.25, 0.3) is 0 Å². The Kier molecular flexibility index (Phi) is 7.18. The summed E-state index contributed by atoms with van der Waals surface area (Å²) in [5.74, 6) is -0.717. The van der Waals surface area contributed by atoms with Gasteiger partial charge in [0, 0.05) is 22.7 Å². The Morgan fingerprint density at radius 2 is 1.78 bits per heavy atom. The summed E-state index contributed by atoms with van der Waals surface area (Å²) in [6.07, 6.45) is 1.22. The van der Waals surface area contributed by atoms with Gasteiger partial charge in [-0.05, 0) is 30.3 Å². The van der Waals surface area contributed by atoms with Gasteiger partial charge in [-0.3, -0.25) is 19.2 Å². The Balaban J connectivity index is 1.81. The highest BCUT2D eigenvalue weighted by Crippen LogP contribution is 2.25. The van der Waals surface area contributed by atoms with Gasteiger partial charge in [-0.1, -0.05) is 48.0 Å². The van der Waals surface area contributed by atoms with Gasteiger partial charge in [0.2, 0.25) is 0 Å². The molecule has 0 saturated carbocycles. The van der Waals surface area contributed by atoms with E-state index in [-0.39, 0.29) is 16.3 Å². The van der Waals surface area contributed by atoms with Gasteiger partial charge in [-0.15, -0.1) is 0 Å². The average molecular weight is 473 g/mol. The normalized spacial score (nSPS) is 11.3. The van der Waals surface area contributed by atoms with Crippen molar-refractivity contribution in [2.75, 3.05) is 10.8 Å². The maximum absolute atomic E-state index is 13.2. The van der Waals surface area contributed by atoms with E-state index in [9.17, 15) is 23.3 Å². The number of rotatable bonds is 8. The number of sulfonamides is 1. The second-order valence-electron chi connectivity index (χ2n) is 6.45. The standard InChI is InChI=1S/C21H17ClN4O5S/c22-17-7-5-8-18(13-17)25(32(30,31)20-10-2-1-3-11-20)15-21(27)24-23-14-16-6-4-9-19(12-16)26(28)29/h1-14H,15H2,(H,24,27)/b23-14-. The molecule has 1 amide bonds. The summed E-state index contributed by atoms with van der Waals surface area (Å²) < 4.78 is 27.3. The number of hydrogen-bond donors (Lipinski definition) is 1. The van der Waals surface area contributed by atoms with E-state index in [0.717, 1.165) is 4.31 Å². The number of nitro groups is 1. The van der Waals surface area contributed by atoms with Crippen molar-refractivity contribution in [2.24, 2.45) is 5.10 Å². The molecule has 0 aromatic heterocycles. The summed E-state index contributed by atoms with van der Waals surface area (Å²) in [5, 5.41) is 14.9. The highest BCUT2D eigenvalue weighted by Gasteiger charge is 2.27. The highest BCUT2D eigenvalue weighted by atomic mass is 35.5. The van der Waals surface area contributed by atoms with Crippen LogP contribution in [0.4, 0.5) is 11.4 Å². The van der Waals surface area contributed by atoms with Gasteiger partial charge in [0.05, 0.1) is 21.7 Å². The van der Waals surface area contributed by atoms with Crippen molar-refractivity contribution in [1.29, 1.82) is 0 Å². The number of nitrogens with zero attached hydrogens (tertiary/aromatic N) is 3. The average Bonchev–Trinajstić information content (AvgIpc) is 2.78. The van der Waals surface area contributed by atoms with Crippen LogP contribution >= 0.6 is 11.6 Å². The van der Waals surface area contributed by atoms with Gasteiger partial charge >= 0.3 is 0 Å². The van der Waals surface area contributed by atoms with E-state index in [0.29, 0.717) is 10.6 Å². The quantitative estimate of drug-likeness (QED) is 0.305. The zero-order valence-electron chi connectivity index (χ0n) is 16.5. The first-order chi connectivity index (χ1) is 15.3. The number of anilines is 1. The van der Waals surface area contributed by atoms with Crippen molar-refractivity contribution in [3.63, 3.8) is 0 Å². The van der Waals surface area contributed by atoms with Crippen LogP contribution in [0.15, 0.2) is 88.9 Å². The number of non-ortho nitro benzene ring substituents is 1. The molecule has 0 fully saturated rings. The first kappa shape index (κ1) is 22.9. The third kappa shape index (κ3) is 5.68. The van der Waals surface area contributed by atoms with Crippen LogP contribution in [0, 0.1) is 10.1 Å². The lowest BCUT2D eigenvalue weighted by atomic mass is 10.2. The second kappa shape index (κ2) is 10.0. The fourth-order valence-corrected chi connectivity index (χ4v) is 4.35. The van der Waals surface area contributed by atoms with Crippen LogP contribution in [0.5, 0.6) is 0 Å². The molecule has 0 aliphatic rings. The van der Waals surface area contributed by atoms with E-state index in [1.54, 1.807) is 36.4 Å². The molecule has 0 unspecified atom stereocenters. The molecule has 0 radical (unpaired) electrons. The third-order valence-electron chi connectivity index (χ3n) is 4.20. The summed E-state index contributed by atoms with van der Waals surface area (Å²) in [6, 6.07) is 19.4. The largest absolute Gasteiger partial charge is 0.271 e. The minimum Gasteiger partial charge on any atom is -0.271 e. The number of hydrazone groups is 1. The Bertz CT molecular complexity index is 1270. The number of hydrogen-bond acceptors (Lipinski definition) is 6. The summed E-state index contributed by atoms with van der Waals surface area (Å²) >= 11 is 6.01. The fourth-order valence-electron chi connectivity index (χ4n) is 2.73. The topological polar surface area (TPSA) is 122 Å². The number of halogens is 1. The SMILES string of the molecule is O=C(CN(c1cccc(Cl)c1)S(=O)(=O)c1ccccc1)N/N=C\c1cccc([N+](=O)[O-])c1. The van der Waals surface area contributed by atoms with Gasteiger partial charge in [0.15, 0.2) is 0 Å². The zero-order chi connectivity index (χ0) is 23.1. The molecule has 0 aliphatic heterocycles. The monoisotopic (exact) mass is 472 g/mol. The van der Waals surface area contributed by atoms with Crippen molar-refractivity contribution in [1.82, 2.24) is 5.43 Å². The van der Waals surface area contributed by atoms with E-state index in [1.165, 1.54) is 48.7 Å². The predicted molar refractivity (Wildman–Crippen MR) is 121 cm³/mol. The van der Waals surface area contributed by atoms with Crippen LogP contribution in [0.2, 0.25) is 5.02 Å². The maximum atomic E-state index is 13.2. The fraction of sp³-hybridized carbons (Fsp3) is 0.0476. The summed E-state index contributed by atoms with van der Waals surface area (Å²) in [4.78, 5) is 22.8. The Morgan fingerprint density at radius 1 is 1.06 bits per heavy atom. The Hall–Kier alpha value is -3.76. The summed E-state index contributed by atoms with van der Waals surface area (Å²) in [6.45, 7) is -0.566. The predicted octanol–water partition coefficient (Wildman–Crippen LogP) is 3.59. The first-order valence-electron chi connectivity index (χ1n) is 9.17.